The molecule has 0 atom stereocenters. The molecule has 0 fully saturated rings. The van der Waals surface area contributed by atoms with E-state index in [1.807, 2.05) is 0 Å². The number of amides is 1. The molecule has 0 unspecified atom stereocenters. The third-order valence-corrected chi connectivity index (χ3v) is 3.75. The highest BCUT2D eigenvalue weighted by Gasteiger charge is 2.24. The van der Waals surface area contributed by atoms with Gasteiger partial charge in [-0.05, 0) is 25.5 Å². The molecule has 0 saturated heterocycles. The Hall–Kier alpha value is -3.23. The van der Waals surface area contributed by atoms with Gasteiger partial charge in [-0.25, -0.2) is 8.78 Å². The Bertz CT molecular complexity index is 838. The monoisotopic (exact) mass is 380 g/mol. The number of rotatable bonds is 8. The second-order valence-corrected chi connectivity index (χ2v) is 5.42. The molecule has 0 heterocycles. The Morgan fingerprint density at radius 3 is 2.44 bits per heavy atom. The molecule has 0 radical (unpaired) electrons. The highest BCUT2D eigenvalue weighted by Crippen LogP contribution is 2.34. The summed E-state index contributed by atoms with van der Waals surface area (Å²) >= 11 is 0. The molecule has 0 spiro atoms. The zero-order chi connectivity index (χ0) is 20.0. The Morgan fingerprint density at radius 2 is 1.89 bits per heavy atom. The Labute approximate surface area is 154 Å². The van der Waals surface area contributed by atoms with Gasteiger partial charge in [-0.1, -0.05) is 6.07 Å². The molecule has 27 heavy (non-hydrogen) atoms. The number of methoxy groups -OCH3 is 1. The largest absolute Gasteiger partial charge is 0.493 e. The molecule has 0 aliphatic heterocycles. The normalized spacial score (nSPS) is 10.4. The standard InChI is InChI=1S/C18H18F2N2O5/c1-3-27-17-9-12(15(22(24)25)10-16(17)26-2)18(23)21-8-7-11-13(19)5-4-6-14(11)20/h4-6,9-10H,3,7-8H2,1-2H3,(H,21,23). The molecule has 7 nitrogen and oxygen atoms in total. The fourth-order valence-corrected chi connectivity index (χ4v) is 2.48. The van der Waals surface area contributed by atoms with Gasteiger partial charge in [0.2, 0.25) is 0 Å². The van der Waals surface area contributed by atoms with Crippen molar-refractivity contribution >= 4 is 11.6 Å². The van der Waals surface area contributed by atoms with Gasteiger partial charge in [-0.2, -0.15) is 0 Å². The fraction of sp³-hybridized carbons (Fsp3) is 0.278. The maximum Gasteiger partial charge on any atom is 0.286 e. The van der Waals surface area contributed by atoms with Crippen LogP contribution in [0.1, 0.15) is 22.8 Å². The van der Waals surface area contributed by atoms with Gasteiger partial charge < -0.3 is 14.8 Å². The van der Waals surface area contributed by atoms with Gasteiger partial charge in [-0.15, -0.1) is 0 Å². The molecule has 2 aromatic rings. The highest BCUT2D eigenvalue weighted by molar-refractivity contribution is 5.99. The first-order valence-electron chi connectivity index (χ1n) is 8.09. The molecule has 144 valence electrons. The van der Waals surface area contributed by atoms with E-state index in [-0.39, 0.29) is 42.2 Å². The van der Waals surface area contributed by atoms with Crippen LogP contribution in [0.25, 0.3) is 0 Å². The average Bonchev–Trinajstić information content (AvgIpc) is 2.63. The first-order valence-corrected chi connectivity index (χ1v) is 8.09. The Kier molecular flexibility index (Phi) is 6.64. The fourth-order valence-electron chi connectivity index (χ4n) is 2.48. The summed E-state index contributed by atoms with van der Waals surface area (Å²) in [4.78, 5) is 22.9. The van der Waals surface area contributed by atoms with Gasteiger partial charge >= 0.3 is 0 Å². The summed E-state index contributed by atoms with van der Waals surface area (Å²) in [5.74, 6) is -1.91. The lowest BCUT2D eigenvalue weighted by molar-refractivity contribution is -0.385. The van der Waals surface area contributed by atoms with Crippen LogP contribution >= 0.6 is 0 Å². The third-order valence-electron chi connectivity index (χ3n) is 3.75. The van der Waals surface area contributed by atoms with Crippen LogP contribution < -0.4 is 14.8 Å². The SMILES string of the molecule is CCOc1cc(C(=O)NCCc2c(F)cccc2F)c([N+](=O)[O-])cc1OC. The van der Waals surface area contributed by atoms with Gasteiger partial charge in [0.05, 0.1) is 24.7 Å². The van der Waals surface area contributed by atoms with Crippen LogP contribution in [0.3, 0.4) is 0 Å². The van der Waals surface area contributed by atoms with Crippen LogP contribution in [0.2, 0.25) is 0 Å². The van der Waals surface area contributed by atoms with E-state index in [1.54, 1.807) is 6.92 Å². The van der Waals surface area contributed by atoms with E-state index in [4.69, 9.17) is 9.47 Å². The van der Waals surface area contributed by atoms with Crippen molar-refractivity contribution in [3.05, 3.63) is 63.2 Å². The van der Waals surface area contributed by atoms with Gasteiger partial charge in [0.1, 0.15) is 17.2 Å². The number of nitrogens with zero attached hydrogens (tertiary/aromatic N) is 1. The molecule has 1 N–H and O–H groups in total. The van der Waals surface area contributed by atoms with Crippen LogP contribution in [-0.4, -0.2) is 31.1 Å². The van der Waals surface area contributed by atoms with Gasteiger partial charge in [0.15, 0.2) is 11.5 Å². The van der Waals surface area contributed by atoms with E-state index in [2.05, 4.69) is 5.32 Å². The van der Waals surface area contributed by atoms with Crippen molar-refractivity contribution < 1.29 is 28.0 Å². The average molecular weight is 380 g/mol. The second-order valence-electron chi connectivity index (χ2n) is 5.42. The Balaban J connectivity index is 2.21. The smallest absolute Gasteiger partial charge is 0.286 e. The predicted octanol–water partition coefficient (Wildman–Crippen LogP) is 3.25. The van der Waals surface area contributed by atoms with E-state index >= 15 is 0 Å². The number of hydrogen-bond acceptors (Lipinski definition) is 5. The minimum atomic E-state index is -0.762. The van der Waals surface area contributed by atoms with Crippen molar-refractivity contribution in [2.24, 2.45) is 0 Å². The topological polar surface area (TPSA) is 90.7 Å². The minimum Gasteiger partial charge on any atom is -0.493 e. The van der Waals surface area contributed by atoms with Crippen molar-refractivity contribution in [1.82, 2.24) is 5.32 Å². The van der Waals surface area contributed by atoms with E-state index in [0.717, 1.165) is 18.2 Å². The van der Waals surface area contributed by atoms with E-state index in [1.165, 1.54) is 19.2 Å². The molecule has 9 heteroatoms. The molecule has 1 amide bonds. The number of nitro groups is 1. The first-order chi connectivity index (χ1) is 12.9. The summed E-state index contributed by atoms with van der Waals surface area (Å²) in [5, 5.41) is 13.7. The number of halogens is 2. The molecule has 0 aliphatic carbocycles. The molecule has 0 aromatic heterocycles. The van der Waals surface area contributed by atoms with Crippen molar-refractivity contribution in [3.8, 4) is 11.5 Å². The molecule has 2 aromatic carbocycles. The van der Waals surface area contributed by atoms with Crippen molar-refractivity contribution in [2.45, 2.75) is 13.3 Å². The van der Waals surface area contributed by atoms with Crippen LogP contribution in [0.15, 0.2) is 30.3 Å². The van der Waals surface area contributed by atoms with Crippen LogP contribution in [0.5, 0.6) is 11.5 Å². The van der Waals surface area contributed by atoms with Gasteiger partial charge in [-0.3, -0.25) is 14.9 Å². The van der Waals surface area contributed by atoms with Crippen molar-refractivity contribution in [1.29, 1.82) is 0 Å². The highest BCUT2D eigenvalue weighted by atomic mass is 19.1. The minimum absolute atomic E-state index is 0.105. The first kappa shape index (κ1) is 20.1. The molecule has 0 bridgehead atoms. The van der Waals surface area contributed by atoms with E-state index < -0.39 is 28.2 Å². The number of nitro benzene ring substituents is 1. The van der Waals surface area contributed by atoms with Crippen molar-refractivity contribution in [2.75, 3.05) is 20.3 Å². The molecular weight excluding hydrogens is 362 g/mol. The number of carbonyl (C=O) groups excluding carboxylic acids is 1. The van der Waals surface area contributed by atoms with Crippen molar-refractivity contribution in [3.63, 3.8) is 0 Å². The maximum absolute atomic E-state index is 13.6. The third kappa shape index (κ3) is 4.69. The zero-order valence-corrected chi connectivity index (χ0v) is 14.8. The molecule has 0 aliphatic rings. The van der Waals surface area contributed by atoms with E-state index in [0.29, 0.717) is 0 Å². The van der Waals surface area contributed by atoms with Gasteiger partial charge in [0.25, 0.3) is 11.6 Å². The zero-order valence-electron chi connectivity index (χ0n) is 14.8. The summed E-state index contributed by atoms with van der Waals surface area (Å²) in [6, 6.07) is 5.77. The number of hydrogen-bond donors (Lipinski definition) is 1. The van der Waals surface area contributed by atoms with E-state index in [9.17, 15) is 23.7 Å². The second kappa shape index (κ2) is 8.93. The summed E-state index contributed by atoms with van der Waals surface area (Å²) < 4.78 is 37.6. The number of ether oxygens (including phenoxy) is 2. The summed E-state index contributed by atoms with van der Waals surface area (Å²) in [5.41, 5.74) is -0.875. The van der Waals surface area contributed by atoms with Crippen LogP contribution in [-0.2, 0) is 6.42 Å². The molecular formula is C18H18F2N2O5. The summed E-state index contributed by atoms with van der Waals surface area (Å²) in [7, 11) is 1.32. The van der Waals surface area contributed by atoms with Crippen LogP contribution in [0, 0.1) is 21.7 Å². The number of benzene rings is 2. The molecule has 2 rings (SSSR count). The lowest BCUT2D eigenvalue weighted by Crippen LogP contribution is -2.27. The quantitative estimate of drug-likeness (QED) is 0.561. The van der Waals surface area contributed by atoms with Crippen LogP contribution in [0.4, 0.5) is 14.5 Å². The lowest BCUT2D eigenvalue weighted by atomic mass is 10.1. The lowest BCUT2D eigenvalue weighted by Gasteiger charge is -2.12. The Morgan fingerprint density at radius 1 is 1.22 bits per heavy atom. The summed E-state index contributed by atoms with van der Waals surface area (Å²) in [6.07, 6.45) is -0.105. The summed E-state index contributed by atoms with van der Waals surface area (Å²) in [6.45, 7) is 1.87. The maximum atomic E-state index is 13.6. The number of carbonyl (C=O) groups is 1. The predicted molar refractivity (Wildman–Crippen MR) is 93.2 cm³/mol. The number of nitrogens with one attached hydrogen (secondary N) is 1. The molecule has 0 saturated carbocycles. The van der Waals surface area contributed by atoms with Gasteiger partial charge in [0, 0.05) is 18.2 Å².